The van der Waals surface area contributed by atoms with Crippen LogP contribution in [0.15, 0.2) is 23.3 Å². The van der Waals surface area contributed by atoms with Crippen LogP contribution < -0.4 is 10.9 Å². The van der Waals surface area contributed by atoms with Crippen molar-refractivity contribution in [2.45, 2.75) is 58.4 Å². The summed E-state index contributed by atoms with van der Waals surface area (Å²) in [6.07, 6.45) is 7.05. The Labute approximate surface area is 179 Å². The Morgan fingerprint density at radius 3 is 2.93 bits per heavy atom. The highest BCUT2D eigenvalue weighted by atomic mass is 32.1. The Bertz CT molecular complexity index is 1150. The zero-order chi connectivity index (χ0) is 21.1. The Balaban J connectivity index is 1.60. The number of hydrogen-bond donors (Lipinski definition) is 3. The minimum atomic E-state index is -1.14. The van der Waals surface area contributed by atoms with Crippen LogP contribution in [0.1, 0.15) is 57.5 Å². The summed E-state index contributed by atoms with van der Waals surface area (Å²) < 4.78 is 8.41. The van der Waals surface area contributed by atoms with Crippen LogP contribution >= 0.6 is 11.3 Å². The fourth-order valence-electron chi connectivity index (χ4n) is 4.50. The van der Waals surface area contributed by atoms with Crippen LogP contribution in [0.25, 0.3) is 20.5 Å². The molecule has 0 aromatic carbocycles. The third kappa shape index (κ3) is 3.05. The molecule has 7 nitrogen and oxygen atoms in total. The van der Waals surface area contributed by atoms with Gasteiger partial charge in [-0.05, 0) is 36.3 Å². The van der Waals surface area contributed by atoms with Crippen molar-refractivity contribution in [3.8, 4) is 10.4 Å². The van der Waals surface area contributed by atoms with Gasteiger partial charge in [0.15, 0.2) is 0 Å². The zero-order valence-corrected chi connectivity index (χ0v) is 18.4. The second kappa shape index (κ2) is 7.02. The highest BCUT2D eigenvalue weighted by molar-refractivity contribution is 7.22. The Hall–Kier alpha value is -2.00. The molecule has 0 aliphatic carbocycles. The first kappa shape index (κ1) is 19.9. The van der Waals surface area contributed by atoms with E-state index in [9.17, 15) is 9.90 Å². The van der Waals surface area contributed by atoms with E-state index in [-0.39, 0.29) is 11.8 Å². The number of fused-ring (bicyclic) bond motifs is 3. The maximum Gasteiger partial charge on any atom is 0.266 e. The summed E-state index contributed by atoms with van der Waals surface area (Å²) in [5.41, 5.74) is 0.881. The van der Waals surface area contributed by atoms with Crippen LogP contribution in [-0.2, 0) is 16.9 Å². The number of nitrogens with one attached hydrogen (secondary N) is 2. The molecule has 3 aromatic heterocycles. The van der Waals surface area contributed by atoms with Gasteiger partial charge in [-0.3, -0.25) is 4.79 Å². The molecular weight excluding hydrogens is 400 g/mol. The molecule has 160 valence electrons. The molecule has 0 amide bonds. The summed E-state index contributed by atoms with van der Waals surface area (Å²) in [6.45, 7) is 7.78. The van der Waals surface area contributed by atoms with E-state index in [1.165, 1.54) is 11.3 Å². The van der Waals surface area contributed by atoms with Gasteiger partial charge >= 0.3 is 0 Å². The fraction of sp³-hybridized carbons (Fsp3) is 0.545. The van der Waals surface area contributed by atoms with Gasteiger partial charge in [0.2, 0.25) is 0 Å². The monoisotopic (exact) mass is 428 g/mol. The molecule has 30 heavy (non-hydrogen) atoms. The van der Waals surface area contributed by atoms with Crippen molar-refractivity contribution < 1.29 is 9.84 Å². The van der Waals surface area contributed by atoms with Crippen LogP contribution in [0.2, 0.25) is 0 Å². The number of aromatic nitrogens is 3. The van der Waals surface area contributed by atoms with E-state index < -0.39 is 11.0 Å². The van der Waals surface area contributed by atoms with Crippen LogP contribution in [-0.4, -0.2) is 33.0 Å². The minimum Gasteiger partial charge on any atom is -0.382 e. The number of thiophene rings is 1. The lowest BCUT2D eigenvalue weighted by molar-refractivity contribution is -0.0717. The molecule has 0 bridgehead atoms. The van der Waals surface area contributed by atoms with Crippen molar-refractivity contribution in [2.24, 2.45) is 5.41 Å². The van der Waals surface area contributed by atoms with Crippen molar-refractivity contribution in [2.75, 3.05) is 13.2 Å². The van der Waals surface area contributed by atoms with Gasteiger partial charge in [-0.15, -0.1) is 11.3 Å². The molecule has 2 atom stereocenters. The average Bonchev–Trinajstić information content (AvgIpc) is 3.37. The summed E-state index contributed by atoms with van der Waals surface area (Å²) in [5.74, 6) is 0. The first-order valence-corrected chi connectivity index (χ1v) is 11.4. The van der Waals surface area contributed by atoms with E-state index in [1.54, 1.807) is 0 Å². The number of ether oxygens (including phenoxy) is 1. The van der Waals surface area contributed by atoms with Gasteiger partial charge in [0.1, 0.15) is 16.5 Å². The van der Waals surface area contributed by atoms with E-state index in [0.29, 0.717) is 23.5 Å². The van der Waals surface area contributed by atoms with Crippen LogP contribution in [0, 0.1) is 5.41 Å². The van der Waals surface area contributed by atoms with Crippen molar-refractivity contribution >= 4 is 21.4 Å². The van der Waals surface area contributed by atoms with E-state index in [0.717, 1.165) is 47.3 Å². The van der Waals surface area contributed by atoms with Crippen LogP contribution in [0.5, 0.6) is 0 Å². The molecule has 1 fully saturated rings. The van der Waals surface area contributed by atoms with Crippen molar-refractivity contribution in [3.63, 3.8) is 0 Å². The van der Waals surface area contributed by atoms with Gasteiger partial charge in [0, 0.05) is 41.7 Å². The number of rotatable bonds is 2. The van der Waals surface area contributed by atoms with E-state index in [2.05, 4.69) is 21.5 Å². The number of pyridine rings is 1. The van der Waals surface area contributed by atoms with Crippen LogP contribution in [0.3, 0.4) is 0 Å². The lowest BCUT2D eigenvalue weighted by atomic mass is 9.71. The smallest absolute Gasteiger partial charge is 0.266 e. The summed E-state index contributed by atoms with van der Waals surface area (Å²) in [5, 5.41) is 20.2. The third-order valence-corrected chi connectivity index (χ3v) is 7.66. The SMILES string of the molecule is CC(C)(C)C1(O)CNCc2c1[nH]c(=O)c1sc(-c3cnn(C4CCCCO4)c3)cc21. The van der Waals surface area contributed by atoms with Crippen LogP contribution in [0.4, 0.5) is 0 Å². The van der Waals surface area contributed by atoms with Crippen molar-refractivity contribution in [1.82, 2.24) is 20.1 Å². The highest BCUT2D eigenvalue weighted by Crippen LogP contribution is 2.44. The molecule has 2 aliphatic heterocycles. The first-order chi connectivity index (χ1) is 14.3. The number of aliphatic hydroxyl groups is 1. The lowest BCUT2D eigenvalue weighted by Crippen LogP contribution is -2.52. The second-order valence-corrected chi connectivity index (χ2v) is 10.5. The van der Waals surface area contributed by atoms with E-state index in [4.69, 9.17) is 4.74 Å². The minimum absolute atomic E-state index is 0.0102. The molecule has 5 heterocycles. The maximum absolute atomic E-state index is 12.9. The van der Waals surface area contributed by atoms with Gasteiger partial charge in [0.25, 0.3) is 5.56 Å². The quantitative estimate of drug-likeness (QED) is 0.581. The predicted octanol–water partition coefficient (Wildman–Crippen LogP) is 3.49. The average molecular weight is 429 g/mol. The number of nitrogens with zero attached hydrogens (tertiary/aromatic N) is 2. The number of aromatic amines is 1. The van der Waals surface area contributed by atoms with Gasteiger partial charge in [-0.2, -0.15) is 5.10 Å². The molecule has 3 aromatic rings. The molecule has 8 heteroatoms. The third-order valence-electron chi connectivity index (χ3n) is 6.48. The molecule has 5 rings (SSSR count). The standard InChI is InChI=1S/C22H28N4O3S/c1-21(2,3)22(28)12-23-10-15-14-8-16(30-18(14)20(27)25-19(15)22)13-9-24-26(11-13)17-6-4-5-7-29-17/h8-9,11,17,23,28H,4-7,10,12H2,1-3H3,(H,25,27). The summed E-state index contributed by atoms with van der Waals surface area (Å²) >= 11 is 1.47. The molecule has 0 saturated carbocycles. The summed E-state index contributed by atoms with van der Waals surface area (Å²) in [7, 11) is 0. The molecule has 0 radical (unpaired) electrons. The molecule has 1 saturated heterocycles. The first-order valence-electron chi connectivity index (χ1n) is 10.6. The molecule has 0 spiro atoms. The Morgan fingerprint density at radius 1 is 1.37 bits per heavy atom. The highest BCUT2D eigenvalue weighted by Gasteiger charge is 2.46. The molecule has 2 unspecified atom stereocenters. The predicted molar refractivity (Wildman–Crippen MR) is 118 cm³/mol. The number of H-pyrrole nitrogens is 1. The molecule has 3 N–H and O–H groups in total. The number of β-amino-alcohol motifs (C(OH)–C–C–N with tert-alkyl or cyclic N) is 1. The second-order valence-electron chi connectivity index (χ2n) is 9.41. The summed E-state index contributed by atoms with van der Waals surface area (Å²) in [6, 6.07) is 2.06. The van der Waals surface area contributed by atoms with Crippen molar-refractivity contribution in [1.29, 1.82) is 0 Å². The molecule has 2 aliphatic rings. The zero-order valence-electron chi connectivity index (χ0n) is 17.6. The fourth-order valence-corrected chi connectivity index (χ4v) is 5.55. The largest absolute Gasteiger partial charge is 0.382 e. The normalized spacial score (nSPS) is 24.9. The van der Waals surface area contributed by atoms with E-state index in [1.807, 2.05) is 37.8 Å². The van der Waals surface area contributed by atoms with Crippen molar-refractivity contribution in [3.05, 3.63) is 40.1 Å². The maximum atomic E-state index is 12.9. The van der Waals surface area contributed by atoms with E-state index >= 15 is 0 Å². The van der Waals surface area contributed by atoms with Gasteiger partial charge < -0.3 is 20.1 Å². The van der Waals surface area contributed by atoms with Gasteiger partial charge in [-0.1, -0.05) is 20.8 Å². The van der Waals surface area contributed by atoms with Gasteiger partial charge in [-0.25, -0.2) is 4.68 Å². The number of hydrogen-bond acceptors (Lipinski definition) is 6. The topological polar surface area (TPSA) is 92.2 Å². The lowest BCUT2D eigenvalue weighted by Gasteiger charge is -2.44. The van der Waals surface area contributed by atoms with Gasteiger partial charge in [0.05, 0.1) is 11.9 Å². The molecular formula is C22H28N4O3S. The Kier molecular flexibility index (Phi) is 4.66. The Morgan fingerprint density at radius 2 is 2.20 bits per heavy atom. The summed E-state index contributed by atoms with van der Waals surface area (Å²) in [4.78, 5) is 17.0.